The van der Waals surface area contributed by atoms with Crippen LogP contribution in [0.3, 0.4) is 0 Å². The number of aromatic nitrogens is 3. The number of aryl methyl sites for hydroxylation is 1. The van der Waals surface area contributed by atoms with Gasteiger partial charge < -0.3 is 14.6 Å². The highest BCUT2D eigenvalue weighted by atomic mass is 32.1. The second kappa shape index (κ2) is 9.23. The number of carboxylic acids is 1. The van der Waals surface area contributed by atoms with Crippen LogP contribution in [-0.2, 0) is 16.1 Å². The molecule has 0 amide bonds. The minimum absolute atomic E-state index is 0.0581. The summed E-state index contributed by atoms with van der Waals surface area (Å²) in [5.41, 5.74) is 1.05. The highest BCUT2D eigenvalue weighted by molar-refractivity contribution is 7.09. The zero-order valence-corrected chi connectivity index (χ0v) is 16.9. The summed E-state index contributed by atoms with van der Waals surface area (Å²) in [4.78, 5) is 24.1. The van der Waals surface area contributed by atoms with E-state index in [-0.39, 0.29) is 11.7 Å². The molecule has 12 heteroatoms. The third kappa shape index (κ3) is 6.09. The molecule has 2 saturated heterocycles. The molecular weight excluding hydrogens is 425 g/mol. The Morgan fingerprint density at radius 1 is 1.43 bits per heavy atom. The molecule has 0 aliphatic carbocycles. The summed E-state index contributed by atoms with van der Waals surface area (Å²) < 4.78 is 43.8. The number of hydrogen-bond acceptors (Lipinski definition) is 8. The minimum Gasteiger partial charge on any atom is -0.475 e. The molecule has 2 aliphatic rings. The van der Waals surface area contributed by atoms with Crippen LogP contribution in [0.25, 0.3) is 0 Å². The van der Waals surface area contributed by atoms with Crippen molar-refractivity contribution in [3.63, 3.8) is 0 Å². The smallest absolute Gasteiger partial charge is 0.475 e. The summed E-state index contributed by atoms with van der Waals surface area (Å²) in [5.74, 6) is -2.16. The molecule has 1 atom stereocenters. The van der Waals surface area contributed by atoms with Crippen molar-refractivity contribution in [2.24, 2.45) is 0 Å². The number of thiazole rings is 1. The Hall–Kier alpha value is -2.31. The monoisotopic (exact) mass is 446 g/mol. The predicted molar refractivity (Wildman–Crippen MR) is 100 cm³/mol. The van der Waals surface area contributed by atoms with Gasteiger partial charge in [-0.15, -0.1) is 11.3 Å². The van der Waals surface area contributed by atoms with Gasteiger partial charge in [0.1, 0.15) is 11.1 Å². The van der Waals surface area contributed by atoms with Gasteiger partial charge in [-0.05, 0) is 6.92 Å². The van der Waals surface area contributed by atoms with E-state index in [2.05, 4.69) is 25.2 Å². The van der Waals surface area contributed by atoms with Gasteiger partial charge >= 0.3 is 12.1 Å². The molecule has 0 aromatic carbocycles. The molecule has 2 aliphatic heterocycles. The van der Waals surface area contributed by atoms with Crippen LogP contribution in [0.2, 0.25) is 0 Å². The van der Waals surface area contributed by atoms with E-state index in [9.17, 15) is 13.2 Å². The van der Waals surface area contributed by atoms with Crippen molar-refractivity contribution in [3.8, 4) is 5.88 Å². The first kappa shape index (κ1) is 22.4. The van der Waals surface area contributed by atoms with E-state index in [1.165, 1.54) is 5.01 Å². The average molecular weight is 446 g/mol. The summed E-state index contributed by atoms with van der Waals surface area (Å²) >= 11 is 1.73. The highest BCUT2D eigenvalue weighted by Gasteiger charge is 2.48. The SMILES string of the molecule is Cc1csc(CN2CC3(CC(Oc4cnccn4)CCO3)C2)n1.O=C(O)C(F)(F)F. The maximum atomic E-state index is 10.6. The molecule has 0 radical (unpaired) electrons. The van der Waals surface area contributed by atoms with Crippen LogP contribution in [0.1, 0.15) is 23.5 Å². The summed E-state index contributed by atoms with van der Waals surface area (Å²) in [7, 11) is 0. The second-order valence-corrected chi connectivity index (χ2v) is 8.08. The van der Waals surface area contributed by atoms with Gasteiger partial charge in [0.05, 0.1) is 24.9 Å². The molecule has 0 bridgehead atoms. The van der Waals surface area contributed by atoms with Gasteiger partial charge in [-0.3, -0.25) is 9.88 Å². The molecular formula is C18H21F3N4O4S. The molecule has 2 fully saturated rings. The molecule has 4 heterocycles. The Balaban J connectivity index is 0.000000318. The predicted octanol–water partition coefficient (Wildman–Crippen LogP) is 2.69. The molecule has 1 N–H and O–H groups in total. The van der Waals surface area contributed by atoms with Crippen molar-refractivity contribution in [1.82, 2.24) is 19.9 Å². The lowest BCUT2D eigenvalue weighted by atomic mass is 9.85. The van der Waals surface area contributed by atoms with Crippen molar-refractivity contribution >= 4 is 17.3 Å². The number of hydrogen-bond donors (Lipinski definition) is 1. The lowest BCUT2D eigenvalue weighted by Crippen LogP contribution is -2.65. The summed E-state index contributed by atoms with van der Waals surface area (Å²) in [6.45, 7) is 5.60. The second-order valence-electron chi connectivity index (χ2n) is 7.14. The van der Waals surface area contributed by atoms with Crippen molar-refractivity contribution in [1.29, 1.82) is 0 Å². The van der Waals surface area contributed by atoms with Crippen molar-refractivity contribution in [2.75, 3.05) is 19.7 Å². The first-order valence-electron chi connectivity index (χ1n) is 9.15. The van der Waals surface area contributed by atoms with Crippen LogP contribution in [0.5, 0.6) is 5.88 Å². The van der Waals surface area contributed by atoms with Crippen LogP contribution in [0, 0.1) is 6.92 Å². The lowest BCUT2D eigenvalue weighted by molar-refractivity contribution is -0.192. The van der Waals surface area contributed by atoms with Gasteiger partial charge in [0.2, 0.25) is 5.88 Å². The molecule has 2 aromatic rings. The van der Waals surface area contributed by atoms with Crippen LogP contribution in [0.15, 0.2) is 24.0 Å². The van der Waals surface area contributed by atoms with Crippen LogP contribution in [-0.4, -0.2) is 68.5 Å². The third-order valence-electron chi connectivity index (χ3n) is 4.57. The van der Waals surface area contributed by atoms with E-state index in [1.807, 2.05) is 6.92 Å². The standard InChI is InChI=1S/C16H20N4O2S.C2HF3O2/c1-12-9-23-15(19-12)8-20-10-16(11-20)6-13(2-5-21-16)22-14-7-17-3-4-18-14;3-2(4,5)1(6)7/h3-4,7,9,13H,2,5-6,8,10-11H2,1H3;(H,6,7). The zero-order chi connectivity index (χ0) is 21.8. The average Bonchev–Trinajstić information content (AvgIpc) is 3.06. The minimum atomic E-state index is -5.08. The van der Waals surface area contributed by atoms with Gasteiger partial charge in [-0.25, -0.2) is 14.8 Å². The van der Waals surface area contributed by atoms with Gasteiger partial charge in [0, 0.05) is 49.4 Å². The molecule has 4 rings (SSSR count). The first-order chi connectivity index (χ1) is 14.2. The Labute approximate surface area is 174 Å². The van der Waals surface area contributed by atoms with E-state index in [0.29, 0.717) is 5.88 Å². The van der Waals surface area contributed by atoms with Gasteiger partial charge in [-0.1, -0.05) is 0 Å². The van der Waals surface area contributed by atoms with Crippen LogP contribution >= 0.6 is 11.3 Å². The molecule has 30 heavy (non-hydrogen) atoms. The molecule has 1 unspecified atom stereocenters. The summed E-state index contributed by atoms with van der Waals surface area (Å²) in [6.07, 6.45) is 1.87. The highest BCUT2D eigenvalue weighted by Crippen LogP contribution is 2.36. The number of alkyl halides is 3. The molecule has 164 valence electrons. The number of carboxylic acid groups (broad SMARTS) is 1. The number of carbonyl (C=O) groups is 1. The summed E-state index contributed by atoms with van der Waals surface area (Å²) in [5, 5.41) is 10.4. The number of rotatable bonds is 4. The quantitative estimate of drug-likeness (QED) is 0.766. The Morgan fingerprint density at radius 3 is 2.73 bits per heavy atom. The maximum absolute atomic E-state index is 10.6. The fourth-order valence-corrected chi connectivity index (χ4v) is 4.18. The van der Waals surface area contributed by atoms with E-state index in [4.69, 9.17) is 19.4 Å². The fourth-order valence-electron chi connectivity index (χ4n) is 3.37. The molecule has 1 spiro atoms. The molecule has 2 aromatic heterocycles. The van der Waals surface area contributed by atoms with Crippen molar-refractivity contribution < 1.29 is 32.5 Å². The number of aliphatic carboxylic acids is 1. The molecule has 8 nitrogen and oxygen atoms in total. The number of ether oxygens (including phenoxy) is 2. The van der Waals surface area contributed by atoms with E-state index >= 15 is 0 Å². The zero-order valence-electron chi connectivity index (χ0n) is 16.1. The lowest BCUT2D eigenvalue weighted by Gasteiger charge is -2.52. The molecule has 0 saturated carbocycles. The Kier molecular flexibility index (Phi) is 6.88. The van der Waals surface area contributed by atoms with Gasteiger partial charge in [-0.2, -0.15) is 13.2 Å². The topological polar surface area (TPSA) is 97.7 Å². The van der Waals surface area contributed by atoms with Gasteiger partial charge in [0.25, 0.3) is 0 Å². The van der Waals surface area contributed by atoms with Crippen LogP contribution in [0.4, 0.5) is 13.2 Å². The van der Waals surface area contributed by atoms with E-state index in [0.717, 1.165) is 44.8 Å². The summed E-state index contributed by atoms with van der Waals surface area (Å²) in [6, 6.07) is 0. The van der Waals surface area contributed by atoms with Gasteiger partial charge in [0.15, 0.2) is 0 Å². The van der Waals surface area contributed by atoms with Crippen LogP contribution < -0.4 is 4.74 Å². The largest absolute Gasteiger partial charge is 0.490 e. The number of halogens is 3. The van der Waals surface area contributed by atoms with E-state index < -0.39 is 12.1 Å². The Morgan fingerprint density at radius 2 is 2.17 bits per heavy atom. The van der Waals surface area contributed by atoms with Crippen molar-refractivity contribution in [3.05, 3.63) is 34.7 Å². The Bertz CT molecular complexity index is 843. The fraction of sp³-hybridized carbons (Fsp3) is 0.556. The maximum Gasteiger partial charge on any atom is 0.490 e. The first-order valence-corrected chi connectivity index (χ1v) is 10.0. The third-order valence-corrected chi connectivity index (χ3v) is 5.52. The normalized spacial score (nSPS) is 20.7. The van der Waals surface area contributed by atoms with E-state index in [1.54, 1.807) is 29.9 Å². The van der Waals surface area contributed by atoms with Crippen molar-refractivity contribution in [2.45, 2.75) is 44.2 Å². The number of nitrogens with zero attached hydrogens (tertiary/aromatic N) is 4. The number of likely N-dealkylation sites (tertiary alicyclic amines) is 1.